The van der Waals surface area contributed by atoms with E-state index in [0.717, 1.165) is 89.7 Å². The van der Waals surface area contributed by atoms with Crippen LogP contribution in [-0.2, 0) is 17.5 Å². The maximum absolute atomic E-state index is 13.7. The molecule has 16 rings (SSSR count). The summed E-state index contributed by atoms with van der Waals surface area (Å²) in [6, 6.07) is 65.4. The van der Waals surface area contributed by atoms with E-state index in [1.165, 1.54) is 44.6 Å². The quantitative estimate of drug-likeness (QED) is 0.0459. The number of halogens is 3. The van der Waals surface area contributed by atoms with Crippen molar-refractivity contribution >= 4 is 55.3 Å². The van der Waals surface area contributed by atoms with E-state index in [0.29, 0.717) is 138 Å². The van der Waals surface area contributed by atoms with Crippen LogP contribution in [0.4, 0.5) is 24.5 Å². The number of rotatable bonds is 18. The second kappa shape index (κ2) is 38.0. The lowest BCUT2D eigenvalue weighted by molar-refractivity contribution is -0.137. The molecule has 10 aromatic carbocycles. The Morgan fingerprint density at radius 1 is 0.353 bits per heavy atom. The number of methoxy groups -OCH3 is 8. The van der Waals surface area contributed by atoms with Gasteiger partial charge in [-0.3, -0.25) is 0 Å². The van der Waals surface area contributed by atoms with Crippen molar-refractivity contribution < 1.29 is 99.0 Å². The molecule has 0 aliphatic carbocycles. The number of fused-ring (bicyclic) bond motifs is 4. The maximum atomic E-state index is 13.7. The molecule has 0 atom stereocenters. The van der Waals surface area contributed by atoms with Gasteiger partial charge in [-0.2, -0.15) is 13.2 Å². The van der Waals surface area contributed by atoms with Crippen LogP contribution in [0.5, 0.6) is 51.7 Å². The Hall–Kier alpha value is -14.3. The zero-order valence-electron chi connectivity index (χ0n) is 66.5. The Morgan fingerprint density at radius 2 is 0.765 bits per heavy atom. The van der Waals surface area contributed by atoms with E-state index in [4.69, 9.17) is 65.0 Å². The molecule has 0 bridgehead atoms. The highest BCUT2D eigenvalue weighted by Gasteiger charge is 2.34. The van der Waals surface area contributed by atoms with Crippen molar-refractivity contribution in [3.63, 3.8) is 0 Å². The Balaban J connectivity index is 0.000000137. The van der Waals surface area contributed by atoms with Crippen LogP contribution in [0.15, 0.2) is 263 Å². The fourth-order valence-corrected chi connectivity index (χ4v) is 13.9. The molecule has 0 saturated carbocycles. The zero-order chi connectivity index (χ0) is 83.7. The fourth-order valence-electron chi connectivity index (χ4n) is 13.9. The van der Waals surface area contributed by atoms with Gasteiger partial charge >= 0.3 is 6.18 Å². The van der Waals surface area contributed by atoms with Crippen LogP contribution < -0.4 is 73.9 Å². The average molecular weight is 1620 g/mol. The summed E-state index contributed by atoms with van der Waals surface area (Å²) in [5, 5.41) is 56.1. The molecule has 25 nitrogen and oxygen atoms in total. The number of piperazine rings is 1. The van der Waals surface area contributed by atoms with Crippen LogP contribution in [0, 0.1) is 0 Å². The molecule has 0 unspecified atom stereocenters. The largest absolute Gasteiger partial charge is 0.493 e. The van der Waals surface area contributed by atoms with E-state index < -0.39 is 11.7 Å². The number of hydrogen-bond donors (Lipinski definition) is 4. The summed E-state index contributed by atoms with van der Waals surface area (Å²) in [5.41, 5.74) is 7.40. The Labute approximate surface area is 680 Å². The summed E-state index contributed by atoms with van der Waals surface area (Å²) in [5.74, 6) is 7.11. The minimum absolute atomic E-state index is 0.0392. The molecule has 0 spiro atoms. The first-order valence-electron chi connectivity index (χ1n) is 37.5. The van der Waals surface area contributed by atoms with E-state index in [1.54, 1.807) is 103 Å². The van der Waals surface area contributed by atoms with Gasteiger partial charge in [0.05, 0.1) is 86.7 Å². The molecule has 119 heavy (non-hydrogen) atoms. The van der Waals surface area contributed by atoms with Gasteiger partial charge < -0.3 is 101 Å². The van der Waals surface area contributed by atoms with Crippen molar-refractivity contribution in [1.29, 1.82) is 0 Å². The molecular formula is C91H86F3N7O18. The third-order valence-corrected chi connectivity index (χ3v) is 20.1. The van der Waals surface area contributed by atoms with Gasteiger partial charge in [-0.25, -0.2) is 0 Å². The van der Waals surface area contributed by atoms with Crippen LogP contribution in [0.3, 0.4) is 0 Å². The molecule has 2 saturated heterocycles. The molecule has 2 aliphatic rings. The number of anilines is 2. The van der Waals surface area contributed by atoms with Gasteiger partial charge in [-0.1, -0.05) is 93.4 Å². The van der Waals surface area contributed by atoms with E-state index in [9.17, 15) is 34.0 Å². The number of benzene rings is 10. The lowest BCUT2D eigenvalue weighted by Crippen LogP contribution is -2.44. The monoisotopic (exact) mass is 1620 g/mol. The van der Waals surface area contributed by atoms with Gasteiger partial charge in [0, 0.05) is 119 Å². The topological polar surface area (TPSA) is 285 Å². The Bertz CT molecular complexity index is 6240. The highest BCUT2D eigenvalue weighted by molar-refractivity contribution is 5.94. The van der Waals surface area contributed by atoms with Crippen LogP contribution >= 0.6 is 0 Å². The minimum atomic E-state index is -4.55. The average Bonchev–Trinajstić information content (AvgIpc) is 0.729. The molecule has 614 valence electrons. The van der Waals surface area contributed by atoms with Crippen molar-refractivity contribution in [3.05, 3.63) is 257 Å². The van der Waals surface area contributed by atoms with Crippen molar-refractivity contribution in [2.75, 3.05) is 126 Å². The van der Waals surface area contributed by atoms with E-state index in [1.807, 2.05) is 121 Å². The van der Waals surface area contributed by atoms with E-state index in [-0.39, 0.29) is 27.8 Å². The van der Waals surface area contributed by atoms with Crippen LogP contribution in [0.1, 0.15) is 11.1 Å². The second-order valence-electron chi connectivity index (χ2n) is 27.0. The predicted molar refractivity (Wildman–Crippen MR) is 442 cm³/mol. The Kier molecular flexibility index (Phi) is 26.4. The number of para-hydroxylation sites is 3. The van der Waals surface area contributed by atoms with Crippen molar-refractivity contribution in [2.24, 2.45) is 20.6 Å². The lowest BCUT2D eigenvalue weighted by Gasteiger charge is -2.34. The number of likely N-dealkylation sites (N-methyl/N-ethyl adjacent to an activating group) is 1. The van der Waals surface area contributed by atoms with Crippen molar-refractivity contribution in [2.45, 2.75) is 12.8 Å². The second-order valence-corrected chi connectivity index (χ2v) is 27.0. The van der Waals surface area contributed by atoms with Crippen LogP contribution in [0.2, 0.25) is 0 Å². The zero-order valence-corrected chi connectivity index (χ0v) is 66.5. The molecule has 0 radical (unpaired) electrons. The van der Waals surface area contributed by atoms with Crippen molar-refractivity contribution in [1.82, 2.24) is 4.90 Å². The van der Waals surface area contributed by atoms with Gasteiger partial charge in [0.25, 0.3) is 0 Å². The lowest BCUT2D eigenvalue weighted by atomic mass is 9.97. The first kappa shape index (κ1) is 82.7. The summed E-state index contributed by atoms with van der Waals surface area (Å²) in [6.45, 7) is 7.27. The predicted octanol–water partition coefficient (Wildman–Crippen LogP) is 17.5. The first-order chi connectivity index (χ1) is 58.0. The Morgan fingerprint density at radius 3 is 1.24 bits per heavy atom. The summed E-state index contributed by atoms with van der Waals surface area (Å²) < 4.78 is 120. The summed E-state index contributed by atoms with van der Waals surface area (Å²) in [6.07, 6.45) is -4.55. The smallest absolute Gasteiger partial charge is 0.417 e. The molecule has 4 aromatic heterocycles. The van der Waals surface area contributed by atoms with Crippen molar-refractivity contribution in [3.8, 4) is 108 Å². The van der Waals surface area contributed by atoms with Gasteiger partial charge in [0.2, 0.25) is 0 Å². The molecule has 0 amide bonds. The standard InChI is InChI=1S/C24H18F3NO4.C24H21NO5.C22H25N3O4.C21H22N2O5/c1-30-20-11-10-14(12-22(20)31-2)21-13-19(28-29)17-8-5-7-16(23(17)32-21)15-6-3-4-9-18(15)24(25,26)27;1-27-20-12-11-17(13-23(20)28-2)22-14-19(25-26)18-9-6-10-21(24(18)30-22)29-15-16-7-4-3-5-8-16;1-24-9-11-25(12-10-24)18-6-4-5-16-17(23-26)14-20(29-22(16)18)15-7-8-19(27-2)21(13-15)28-3;1-25-18-6-3-14(11-21(18)26-2)19-13-17(22-24)16-5-4-15(12-20(16)28-19)23-7-9-27-10-8-23/h3-13,29H,1-2H3;3-14,26H,15H2,1-2H3;4-8,13-14,26H,9-12H2,1-3H3;3-6,11-13,24H,7-10H2,1-2H3/b28-19+;25-19+;23-17+;22-17+. The van der Waals surface area contributed by atoms with Gasteiger partial charge in [0.15, 0.2) is 62.9 Å². The fraction of sp³-hybridized carbons (Fsp3) is 0.209. The normalized spacial score (nSPS) is 13.5. The van der Waals surface area contributed by atoms with E-state index >= 15 is 0 Å². The molecule has 28 heteroatoms. The maximum Gasteiger partial charge on any atom is 0.417 e. The molecule has 6 heterocycles. The van der Waals surface area contributed by atoms with E-state index in [2.05, 4.69) is 48.4 Å². The van der Waals surface area contributed by atoms with Gasteiger partial charge in [-0.05, 0) is 140 Å². The highest BCUT2D eigenvalue weighted by Crippen LogP contribution is 2.43. The van der Waals surface area contributed by atoms with Crippen LogP contribution in [0.25, 0.3) is 100 Å². The van der Waals surface area contributed by atoms with Crippen LogP contribution in [-0.4, -0.2) is 142 Å². The summed E-state index contributed by atoms with van der Waals surface area (Å²) in [7, 11) is 14.6. The summed E-state index contributed by atoms with van der Waals surface area (Å²) >= 11 is 0. The number of nitrogens with zero attached hydrogens (tertiary/aromatic N) is 7. The highest BCUT2D eigenvalue weighted by atomic mass is 19.4. The number of ether oxygens (including phenoxy) is 10. The number of alkyl halides is 3. The molecule has 2 fully saturated rings. The molecular weight excluding hydrogens is 1540 g/mol. The SMILES string of the molecule is COc1ccc(-c2c/c(=N\O)c3ccc(N4CCOCC4)cc3o2)cc1OC.COc1ccc(-c2c/c(=N\O)c3cccc(-c4ccccc4C(F)(F)F)c3o2)cc1OC.COc1ccc(-c2c/c(=N\O)c3cccc(N4CCN(C)CC4)c3o2)cc1OC.COc1ccc(-c2c/c(=N\O)c3cccc(OCc4ccccc4)c3o2)cc1OC. The van der Waals surface area contributed by atoms with Gasteiger partial charge in [-0.15, -0.1) is 0 Å². The minimum Gasteiger partial charge on any atom is -0.493 e. The molecule has 4 N–H and O–H groups in total. The van der Waals surface area contributed by atoms with Gasteiger partial charge in [0.1, 0.15) is 62.2 Å². The number of morpholine rings is 1. The summed E-state index contributed by atoms with van der Waals surface area (Å²) in [4.78, 5) is 6.87. The molecule has 2 aliphatic heterocycles. The number of hydrogen-bond acceptors (Lipinski definition) is 25. The third kappa shape index (κ3) is 18.5. The third-order valence-electron chi connectivity index (χ3n) is 20.1. The molecule has 14 aromatic rings. The first-order valence-corrected chi connectivity index (χ1v) is 37.5.